The van der Waals surface area contributed by atoms with E-state index in [2.05, 4.69) is 34.6 Å². The Labute approximate surface area is 105 Å². The third-order valence-electron chi connectivity index (χ3n) is 6.25. The molecule has 94 valence electrons. The predicted octanol–water partition coefficient (Wildman–Crippen LogP) is 3.98. The first-order valence-corrected chi connectivity index (χ1v) is 6.98. The van der Waals surface area contributed by atoms with E-state index in [1.807, 2.05) is 0 Å². The molecule has 0 aromatic heterocycles. The molecule has 2 fully saturated rings. The number of allylic oxidation sites excluding steroid dienone is 2. The molecule has 17 heavy (non-hydrogen) atoms. The maximum atomic E-state index is 12.8. The number of Topliss-reactive ketones (excluding diaryl/α,β-unsaturated/α-hetero) is 1. The second kappa shape index (κ2) is 3.05. The van der Waals surface area contributed by atoms with Crippen LogP contribution in [-0.2, 0) is 4.79 Å². The Morgan fingerprint density at radius 1 is 1.12 bits per heavy atom. The van der Waals surface area contributed by atoms with Crippen molar-refractivity contribution in [3.8, 4) is 0 Å². The number of hydrogen-bond acceptors (Lipinski definition) is 1. The first kappa shape index (κ1) is 11.5. The first-order valence-electron chi connectivity index (χ1n) is 6.98. The zero-order valence-electron chi connectivity index (χ0n) is 11.8. The zero-order chi connectivity index (χ0) is 12.6. The Morgan fingerprint density at radius 2 is 1.76 bits per heavy atom. The first-order chi connectivity index (χ1) is 7.78. The quantitative estimate of drug-likeness (QED) is 0.577. The molecule has 3 aliphatic carbocycles. The van der Waals surface area contributed by atoms with Gasteiger partial charge in [-0.1, -0.05) is 31.9 Å². The van der Waals surface area contributed by atoms with Crippen LogP contribution in [0.5, 0.6) is 0 Å². The molecule has 0 bridgehead atoms. The summed E-state index contributed by atoms with van der Waals surface area (Å²) in [5, 5.41) is 0. The summed E-state index contributed by atoms with van der Waals surface area (Å²) in [7, 11) is 0. The molecule has 0 N–H and O–H groups in total. The van der Waals surface area contributed by atoms with Gasteiger partial charge < -0.3 is 0 Å². The lowest BCUT2D eigenvalue weighted by Gasteiger charge is -2.44. The van der Waals surface area contributed by atoms with Crippen molar-refractivity contribution >= 4 is 5.78 Å². The minimum atomic E-state index is -0.0431. The zero-order valence-corrected chi connectivity index (χ0v) is 11.8. The number of rotatable bonds is 0. The molecule has 0 aromatic rings. The number of carbonyl (C=O) groups is 1. The van der Waals surface area contributed by atoms with Gasteiger partial charge in [-0.25, -0.2) is 0 Å². The van der Waals surface area contributed by atoms with Crippen molar-refractivity contribution in [2.24, 2.45) is 28.6 Å². The molecule has 4 atom stereocenters. The smallest absolute Gasteiger partial charge is 0.143 e. The monoisotopic (exact) mass is 232 g/mol. The van der Waals surface area contributed by atoms with Crippen LogP contribution in [-0.4, -0.2) is 5.78 Å². The summed E-state index contributed by atoms with van der Waals surface area (Å²) in [6.45, 7) is 11.3. The molecule has 3 aliphatic rings. The lowest BCUT2D eigenvalue weighted by atomic mass is 9.59. The van der Waals surface area contributed by atoms with Gasteiger partial charge in [0.15, 0.2) is 0 Å². The summed E-state index contributed by atoms with van der Waals surface area (Å²) in [6, 6.07) is 0. The van der Waals surface area contributed by atoms with Gasteiger partial charge in [-0.15, -0.1) is 0 Å². The molecule has 0 heterocycles. The Kier molecular flexibility index (Phi) is 2.06. The van der Waals surface area contributed by atoms with E-state index in [1.165, 1.54) is 17.6 Å². The SMILES string of the molecule is CC1=C(C)C[C@@]2(C)C(=O)[C@H]3[C@@H](CC2C1)C3(C)C. The Bertz CT molecular complexity index is 429. The van der Waals surface area contributed by atoms with Crippen molar-refractivity contribution < 1.29 is 4.79 Å². The molecular weight excluding hydrogens is 208 g/mol. The summed E-state index contributed by atoms with van der Waals surface area (Å²) in [5.41, 5.74) is 3.25. The second-order valence-electron chi connectivity index (χ2n) is 7.56. The fourth-order valence-corrected chi connectivity index (χ4v) is 4.61. The highest BCUT2D eigenvalue weighted by atomic mass is 16.1. The fourth-order valence-electron chi connectivity index (χ4n) is 4.61. The standard InChI is InChI=1S/C16H24O/c1-9-6-11-7-12-13(15(12,3)4)14(17)16(11,5)8-10(9)2/h11-13H,6-8H2,1-5H3/t11?,12-,13-,16-/m1/s1. The molecule has 0 spiro atoms. The van der Waals surface area contributed by atoms with Crippen LogP contribution in [0.3, 0.4) is 0 Å². The topological polar surface area (TPSA) is 17.1 Å². The van der Waals surface area contributed by atoms with Crippen LogP contribution >= 0.6 is 0 Å². The summed E-state index contributed by atoms with van der Waals surface area (Å²) in [4.78, 5) is 12.8. The summed E-state index contributed by atoms with van der Waals surface area (Å²) in [5.74, 6) is 2.24. The van der Waals surface area contributed by atoms with Gasteiger partial charge in [-0.05, 0) is 50.4 Å². The summed E-state index contributed by atoms with van der Waals surface area (Å²) < 4.78 is 0. The van der Waals surface area contributed by atoms with E-state index < -0.39 is 0 Å². The molecule has 0 saturated heterocycles. The minimum absolute atomic E-state index is 0.0431. The number of carbonyl (C=O) groups excluding carboxylic acids is 1. The van der Waals surface area contributed by atoms with E-state index in [4.69, 9.17) is 0 Å². The van der Waals surface area contributed by atoms with Gasteiger partial charge in [0, 0.05) is 11.3 Å². The second-order valence-corrected chi connectivity index (χ2v) is 7.56. The highest BCUT2D eigenvalue weighted by molar-refractivity contribution is 5.92. The summed E-state index contributed by atoms with van der Waals surface area (Å²) >= 11 is 0. The van der Waals surface area contributed by atoms with Gasteiger partial charge >= 0.3 is 0 Å². The van der Waals surface area contributed by atoms with Gasteiger partial charge in [0.2, 0.25) is 0 Å². The van der Waals surface area contributed by atoms with Crippen LogP contribution in [0, 0.1) is 28.6 Å². The van der Waals surface area contributed by atoms with E-state index in [0.717, 1.165) is 12.8 Å². The number of ketones is 1. The average molecular weight is 232 g/mol. The third-order valence-corrected chi connectivity index (χ3v) is 6.25. The Balaban J connectivity index is 1.98. The summed E-state index contributed by atoms with van der Waals surface area (Å²) in [6.07, 6.45) is 3.46. The van der Waals surface area contributed by atoms with Crippen molar-refractivity contribution in [2.45, 2.75) is 53.9 Å². The van der Waals surface area contributed by atoms with Crippen molar-refractivity contribution in [3.05, 3.63) is 11.1 Å². The molecule has 0 amide bonds. The molecular formula is C16H24O. The van der Waals surface area contributed by atoms with Crippen LogP contribution in [0.1, 0.15) is 53.9 Å². The molecule has 1 nitrogen and oxygen atoms in total. The molecule has 3 rings (SSSR count). The molecule has 0 aromatic carbocycles. The maximum Gasteiger partial charge on any atom is 0.143 e. The lowest BCUT2D eigenvalue weighted by Crippen LogP contribution is -2.43. The van der Waals surface area contributed by atoms with Crippen LogP contribution < -0.4 is 0 Å². The molecule has 1 heteroatoms. The van der Waals surface area contributed by atoms with E-state index in [1.54, 1.807) is 0 Å². The molecule has 2 saturated carbocycles. The van der Waals surface area contributed by atoms with Crippen molar-refractivity contribution in [1.82, 2.24) is 0 Å². The van der Waals surface area contributed by atoms with Crippen molar-refractivity contribution in [1.29, 1.82) is 0 Å². The number of fused-ring (bicyclic) bond motifs is 2. The van der Waals surface area contributed by atoms with Gasteiger partial charge in [0.25, 0.3) is 0 Å². The van der Waals surface area contributed by atoms with E-state index >= 15 is 0 Å². The van der Waals surface area contributed by atoms with Crippen LogP contribution in [0.25, 0.3) is 0 Å². The van der Waals surface area contributed by atoms with Gasteiger partial charge in [-0.3, -0.25) is 4.79 Å². The highest BCUT2D eigenvalue weighted by Gasteiger charge is 2.69. The van der Waals surface area contributed by atoms with E-state index in [0.29, 0.717) is 29.0 Å². The predicted molar refractivity (Wildman–Crippen MR) is 69.6 cm³/mol. The third kappa shape index (κ3) is 1.29. The lowest BCUT2D eigenvalue weighted by molar-refractivity contribution is -0.136. The fraction of sp³-hybridized carbons (Fsp3) is 0.812. The highest BCUT2D eigenvalue weighted by Crippen LogP contribution is 2.69. The molecule has 0 aliphatic heterocycles. The maximum absolute atomic E-state index is 12.8. The normalized spacial score (nSPS) is 47.6. The van der Waals surface area contributed by atoms with E-state index in [-0.39, 0.29) is 5.41 Å². The van der Waals surface area contributed by atoms with Gasteiger partial charge in [0.1, 0.15) is 5.78 Å². The Morgan fingerprint density at radius 3 is 2.41 bits per heavy atom. The minimum Gasteiger partial charge on any atom is -0.299 e. The van der Waals surface area contributed by atoms with Crippen LogP contribution in [0.15, 0.2) is 11.1 Å². The van der Waals surface area contributed by atoms with Crippen molar-refractivity contribution in [3.63, 3.8) is 0 Å². The van der Waals surface area contributed by atoms with E-state index in [9.17, 15) is 4.79 Å². The Hall–Kier alpha value is -0.590. The van der Waals surface area contributed by atoms with Crippen molar-refractivity contribution in [2.75, 3.05) is 0 Å². The largest absolute Gasteiger partial charge is 0.299 e. The van der Waals surface area contributed by atoms with Crippen LogP contribution in [0.2, 0.25) is 0 Å². The van der Waals surface area contributed by atoms with Gasteiger partial charge in [0.05, 0.1) is 0 Å². The molecule has 1 unspecified atom stereocenters. The number of hydrogen-bond donors (Lipinski definition) is 0. The van der Waals surface area contributed by atoms with Crippen LogP contribution in [0.4, 0.5) is 0 Å². The average Bonchev–Trinajstić information content (AvgIpc) is 2.75. The molecule has 0 radical (unpaired) electrons. The van der Waals surface area contributed by atoms with Gasteiger partial charge in [-0.2, -0.15) is 0 Å².